The average molecular weight is 412 g/mol. The summed E-state index contributed by atoms with van der Waals surface area (Å²) in [6.07, 6.45) is 8.04. The molecule has 0 atom stereocenters. The van der Waals surface area contributed by atoms with Gasteiger partial charge in [-0.2, -0.15) is 0 Å². The second-order valence-electron chi connectivity index (χ2n) is 7.92. The minimum absolute atomic E-state index is 0.909. The van der Waals surface area contributed by atoms with Gasteiger partial charge in [-0.05, 0) is 77.9 Å². The zero-order valence-electron chi connectivity index (χ0n) is 17.3. The van der Waals surface area contributed by atoms with Crippen LogP contribution in [-0.2, 0) is 0 Å². The number of H-pyrrole nitrogens is 2. The predicted octanol–water partition coefficient (Wildman–Crippen LogP) is 6.72. The van der Waals surface area contributed by atoms with Gasteiger partial charge in [-0.3, -0.25) is 0 Å². The van der Waals surface area contributed by atoms with Gasteiger partial charge in [-0.25, -0.2) is 9.97 Å². The van der Waals surface area contributed by atoms with Crippen LogP contribution in [0.1, 0.15) is 33.9 Å². The van der Waals surface area contributed by atoms with Gasteiger partial charge in [0.1, 0.15) is 0 Å². The third kappa shape index (κ3) is 3.48. The summed E-state index contributed by atoms with van der Waals surface area (Å²) in [5, 5.41) is 0. The van der Waals surface area contributed by atoms with Crippen LogP contribution in [-0.4, -0.2) is 19.9 Å². The van der Waals surface area contributed by atoms with Crippen molar-refractivity contribution < 1.29 is 0 Å². The lowest BCUT2D eigenvalue weighted by molar-refractivity contribution is 1.30. The van der Waals surface area contributed by atoms with Crippen molar-refractivity contribution in [3.8, 4) is 0 Å². The highest BCUT2D eigenvalue weighted by Gasteiger charge is 2.12. The number of aromatic nitrogens is 4. The minimum Gasteiger partial charge on any atom is -0.355 e. The van der Waals surface area contributed by atoms with E-state index >= 15 is 0 Å². The van der Waals surface area contributed by atoms with Crippen molar-refractivity contribution in [3.63, 3.8) is 0 Å². The molecule has 8 bridgehead atoms. The topological polar surface area (TPSA) is 57.4 Å². The van der Waals surface area contributed by atoms with Crippen LogP contribution in [0.2, 0.25) is 0 Å². The molecular formula is C28H20N4. The fraction of sp³-hybridized carbons (Fsp3) is 0. The summed E-state index contributed by atoms with van der Waals surface area (Å²) in [6, 6.07) is 24.9. The van der Waals surface area contributed by atoms with Crippen LogP contribution in [0.15, 0.2) is 79.4 Å². The first-order chi connectivity index (χ1) is 15.7. The van der Waals surface area contributed by atoms with Gasteiger partial charge >= 0.3 is 0 Å². The summed E-state index contributed by atoms with van der Waals surface area (Å²) in [6.45, 7) is 3.85. The number of rotatable bonds is 2. The average Bonchev–Trinajstić information content (AvgIpc) is 3.59. The van der Waals surface area contributed by atoms with Gasteiger partial charge in [-0.15, -0.1) is 0 Å². The van der Waals surface area contributed by atoms with Crippen LogP contribution in [0.3, 0.4) is 0 Å². The van der Waals surface area contributed by atoms with E-state index in [-0.39, 0.29) is 0 Å². The SMILES string of the molecule is C=Cc1ccc(C2=Cc3cc4ccc(cc5nc(cc6ccc(cc2n3)[nH]6)C=C5)[nH]4)cc1. The van der Waals surface area contributed by atoms with E-state index < -0.39 is 0 Å². The molecule has 0 saturated heterocycles. The molecular weight excluding hydrogens is 392 g/mol. The molecule has 0 fully saturated rings. The van der Waals surface area contributed by atoms with E-state index in [9.17, 15) is 0 Å². The summed E-state index contributed by atoms with van der Waals surface area (Å²) in [4.78, 5) is 16.5. The van der Waals surface area contributed by atoms with Crippen molar-refractivity contribution in [3.05, 3.63) is 113 Å². The molecule has 4 heteroatoms. The lowest BCUT2D eigenvalue weighted by Gasteiger charge is -2.03. The number of hydrogen-bond donors (Lipinski definition) is 2. The van der Waals surface area contributed by atoms with E-state index in [1.807, 2.05) is 30.4 Å². The summed E-state index contributed by atoms with van der Waals surface area (Å²) in [7, 11) is 0. The highest BCUT2D eigenvalue weighted by Crippen LogP contribution is 2.29. The molecule has 32 heavy (non-hydrogen) atoms. The van der Waals surface area contributed by atoms with E-state index in [1.165, 1.54) is 0 Å². The van der Waals surface area contributed by atoms with Crippen molar-refractivity contribution in [1.82, 2.24) is 19.9 Å². The number of nitrogens with zero attached hydrogens (tertiary/aromatic N) is 2. The third-order valence-electron chi connectivity index (χ3n) is 5.62. The number of benzene rings is 1. The summed E-state index contributed by atoms with van der Waals surface area (Å²) in [5.41, 5.74) is 11.0. The van der Waals surface area contributed by atoms with Crippen LogP contribution in [0, 0.1) is 0 Å². The minimum atomic E-state index is 0.909. The lowest BCUT2D eigenvalue weighted by atomic mass is 10.0. The summed E-state index contributed by atoms with van der Waals surface area (Å²) < 4.78 is 0. The molecule has 0 radical (unpaired) electrons. The quantitative estimate of drug-likeness (QED) is 0.332. The molecule has 0 aliphatic carbocycles. The van der Waals surface area contributed by atoms with Gasteiger partial charge < -0.3 is 9.97 Å². The van der Waals surface area contributed by atoms with Crippen LogP contribution in [0.25, 0.3) is 51.9 Å². The number of aromatic amines is 2. The summed E-state index contributed by atoms with van der Waals surface area (Å²) in [5.74, 6) is 0. The Morgan fingerprint density at radius 2 is 1.19 bits per heavy atom. The Balaban J connectivity index is 1.61. The fourth-order valence-corrected chi connectivity index (χ4v) is 4.04. The standard InChI is InChI=1S/C28H20N4/c1-2-18-3-5-19(6-4-18)27-16-26-15-24-10-9-22(30-24)13-20-7-8-21(29-20)14-23-11-12-25(31-23)17-28(27)32-26/h2-17,30-31H,1H2. The van der Waals surface area contributed by atoms with Gasteiger partial charge in [0.05, 0.1) is 22.8 Å². The van der Waals surface area contributed by atoms with E-state index in [0.717, 1.165) is 61.5 Å². The molecule has 6 rings (SSSR count). The molecule has 5 heterocycles. The molecule has 2 aliphatic rings. The number of hydrogen-bond acceptors (Lipinski definition) is 2. The van der Waals surface area contributed by atoms with Gasteiger partial charge in [0.15, 0.2) is 0 Å². The number of fused-ring (bicyclic) bond motifs is 8. The molecule has 0 unspecified atom stereocenters. The van der Waals surface area contributed by atoms with Crippen molar-refractivity contribution in [2.24, 2.45) is 0 Å². The Bertz CT molecular complexity index is 1580. The monoisotopic (exact) mass is 412 g/mol. The maximum absolute atomic E-state index is 4.93. The predicted molar refractivity (Wildman–Crippen MR) is 133 cm³/mol. The molecule has 2 aliphatic heterocycles. The first-order valence-corrected chi connectivity index (χ1v) is 10.5. The first-order valence-electron chi connectivity index (χ1n) is 10.5. The van der Waals surface area contributed by atoms with E-state index in [4.69, 9.17) is 9.97 Å². The zero-order valence-corrected chi connectivity index (χ0v) is 17.3. The molecule has 4 aromatic rings. The first kappa shape index (κ1) is 18.3. The molecule has 0 saturated carbocycles. The van der Waals surface area contributed by atoms with Crippen molar-refractivity contribution in [1.29, 1.82) is 0 Å². The van der Waals surface area contributed by atoms with Crippen molar-refractivity contribution in [2.45, 2.75) is 0 Å². The van der Waals surface area contributed by atoms with Crippen molar-refractivity contribution in [2.75, 3.05) is 0 Å². The van der Waals surface area contributed by atoms with Crippen LogP contribution in [0.4, 0.5) is 0 Å². The Hall–Kier alpha value is -4.44. The number of nitrogens with one attached hydrogen (secondary N) is 2. The molecule has 4 nitrogen and oxygen atoms in total. The summed E-state index contributed by atoms with van der Waals surface area (Å²) >= 11 is 0. The normalized spacial score (nSPS) is 12.6. The van der Waals surface area contributed by atoms with Gasteiger partial charge in [0, 0.05) is 27.6 Å². The van der Waals surface area contributed by atoms with E-state index in [0.29, 0.717) is 0 Å². The second kappa shape index (κ2) is 7.36. The highest BCUT2D eigenvalue weighted by atomic mass is 14.8. The van der Waals surface area contributed by atoms with Crippen LogP contribution < -0.4 is 0 Å². The Kier molecular flexibility index (Phi) is 4.22. The molecule has 0 amide bonds. The molecule has 152 valence electrons. The Morgan fingerprint density at radius 1 is 0.625 bits per heavy atom. The Morgan fingerprint density at radius 3 is 1.78 bits per heavy atom. The van der Waals surface area contributed by atoms with Crippen molar-refractivity contribution >= 4 is 51.9 Å². The Labute approximate surface area is 185 Å². The molecule has 1 aromatic carbocycles. The van der Waals surface area contributed by atoms with Crippen LogP contribution in [0.5, 0.6) is 0 Å². The zero-order chi connectivity index (χ0) is 21.5. The third-order valence-corrected chi connectivity index (χ3v) is 5.62. The second-order valence-corrected chi connectivity index (χ2v) is 7.92. The fourth-order valence-electron chi connectivity index (χ4n) is 4.04. The van der Waals surface area contributed by atoms with Crippen LogP contribution >= 0.6 is 0 Å². The van der Waals surface area contributed by atoms with Gasteiger partial charge in [0.2, 0.25) is 0 Å². The largest absolute Gasteiger partial charge is 0.355 e. The van der Waals surface area contributed by atoms with Gasteiger partial charge in [-0.1, -0.05) is 36.9 Å². The molecule has 0 spiro atoms. The molecule has 3 aromatic heterocycles. The van der Waals surface area contributed by atoms with Gasteiger partial charge in [0.25, 0.3) is 0 Å². The highest BCUT2D eigenvalue weighted by molar-refractivity contribution is 5.93. The maximum Gasteiger partial charge on any atom is 0.0736 e. The van der Waals surface area contributed by atoms with E-state index in [1.54, 1.807) is 0 Å². The lowest BCUT2D eigenvalue weighted by Crippen LogP contribution is -1.85. The maximum atomic E-state index is 4.93. The molecule has 2 N–H and O–H groups in total. The smallest absolute Gasteiger partial charge is 0.0736 e. The van der Waals surface area contributed by atoms with E-state index in [2.05, 4.69) is 83.3 Å².